The molecule has 1 N–H and O–H groups in total. The number of rotatable bonds is 4. The molecule has 24 heavy (non-hydrogen) atoms. The van der Waals surface area contributed by atoms with Gasteiger partial charge in [-0.2, -0.15) is 0 Å². The predicted molar refractivity (Wildman–Crippen MR) is 107 cm³/mol. The van der Waals surface area contributed by atoms with Crippen LogP contribution in [0.2, 0.25) is 0 Å². The second-order valence-corrected chi connectivity index (χ2v) is 8.99. The summed E-state index contributed by atoms with van der Waals surface area (Å²) in [7, 11) is -3.07. The van der Waals surface area contributed by atoms with E-state index in [-0.39, 0.29) is 0 Å². The van der Waals surface area contributed by atoms with E-state index >= 15 is 0 Å². The molecule has 3 aromatic rings. The highest BCUT2D eigenvalue weighted by molar-refractivity contribution is 8.08. The Bertz CT molecular complexity index is 833. The first-order chi connectivity index (χ1) is 11.6. The normalized spacial score (nSPS) is 11.0. The second-order valence-electron chi connectivity index (χ2n) is 5.58. The zero-order chi connectivity index (χ0) is 17.0. The molecule has 4 heteroatoms. The Hall–Kier alpha value is -2.22. The number of hydrogen-bond acceptors (Lipinski definition) is 2. The van der Waals surface area contributed by atoms with E-state index in [1.165, 1.54) is 5.56 Å². The molecular weight excluding hydrogens is 333 g/mol. The van der Waals surface area contributed by atoms with E-state index in [0.717, 1.165) is 16.3 Å². The fourth-order valence-electron chi connectivity index (χ4n) is 2.50. The summed E-state index contributed by atoms with van der Waals surface area (Å²) in [4.78, 5) is 0. The van der Waals surface area contributed by atoms with Gasteiger partial charge in [-0.05, 0) is 19.1 Å². The van der Waals surface area contributed by atoms with Gasteiger partial charge < -0.3 is 9.88 Å². The maximum absolute atomic E-state index is 14.0. The lowest BCUT2D eigenvalue weighted by Gasteiger charge is -2.21. The minimum atomic E-state index is -3.07. The molecule has 0 radical (unpaired) electrons. The van der Waals surface area contributed by atoms with Gasteiger partial charge in [0.2, 0.25) is 0 Å². The van der Waals surface area contributed by atoms with Crippen molar-refractivity contribution in [3.63, 3.8) is 0 Å². The zero-order valence-corrected chi connectivity index (χ0v) is 15.1. The van der Waals surface area contributed by atoms with E-state index in [1.807, 2.05) is 91.9 Å². The van der Waals surface area contributed by atoms with Gasteiger partial charge in [-0.15, -0.1) is 0 Å². The summed E-state index contributed by atoms with van der Waals surface area (Å²) in [6, 6.07) is 26.8. The summed E-state index contributed by atoms with van der Waals surface area (Å²) < 4.78 is 14.3. The minimum absolute atomic E-state index is 0.351. The Morgan fingerprint density at radius 2 is 1.25 bits per heavy atom. The van der Waals surface area contributed by atoms with Crippen molar-refractivity contribution in [3.05, 3.63) is 90.5 Å². The van der Waals surface area contributed by atoms with Crippen molar-refractivity contribution in [2.75, 3.05) is 5.32 Å². The van der Waals surface area contributed by atoms with Crippen LogP contribution in [0.4, 0.5) is 5.69 Å². The third kappa shape index (κ3) is 3.33. The van der Waals surface area contributed by atoms with E-state index < -0.39 is 7.14 Å². The molecule has 0 atom stereocenters. The van der Waals surface area contributed by atoms with Crippen molar-refractivity contribution in [2.45, 2.75) is 6.92 Å². The fraction of sp³-hybridized carbons (Fsp3) is 0.0500. The summed E-state index contributed by atoms with van der Waals surface area (Å²) in [6.45, 7) is 2.03. The first-order valence-electron chi connectivity index (χ1n) is 7.70. The van der Waals surface area contributed by atoms with Crippen LogP contribution >= 0.6 is 19.4 Å². The van der Waals surface area contributed by atoms with Crippen LogP contribution in [0.1, 0.15) is 5.56 Å². The van der Waals surface area contributed by atoms with Gasteiger partial charge in [-0.25, -0.2) is 0 Å². The van der Waals surface area contributed by atoms with Crippen LogP contribution in [0.25, 0.3) is 0 Å². The molecule has 2 nitrogen and oxygen atoms in total. The largest absolute Gasteiger partial charge is 0.343 e. The molecule has 0 fully saturated rings. The average Bonchev–Trinajstić information content (AvgIpc) is 2.64. The van der Waals surface area contributed by atoms with Crippen molar-refractivity contribution in [3.8, 4) is 0 Å². The maximum atomic E-state index is 14.0. The Morgan fingerprint density at radius 1 is 0.792 bits per heavy atom. The first-order valence-corrected chi connectivity index (χ1v) is 9.82. The number of anilines is 1. The number of nitrogens with one attached hydrogen (secondary N) is 1. The zero-order valence-electron chi connectivity index (χ0n) is 13.3. The molecular formula is C20H18NOPS. The van der Waals surface area contributed by atoms with E-state index in [2.05, 4.69) is 5.32 Å². The highest BCUT2D eigenvalue weighted by Crippen LogP contribution is 2.45. The van der Waals surface area contributed by atoms with Gasteiger partial charge in [-0.3, -0.25) is 0 Å². The molecule has 0 bridgehead atoms. The van der Waals surface area contributed by atoms with E-state index in [0.29, 0.717) is 4.73 Å². The van der Waals surface area contributed by atoms with Gasteiger partial charge in [0.1, 0.15) is 4.73 Å². The van der Waals surface area contributed by atoms with Crippen molar-refractivity contribution >= 4 is 40.4 Å². The highest BCUT2D eigenvalue weighted by atomic mass is 32.1. The molecule has 0 saturated carbocycles. The number of thiocarbonyl (C=S) groups is 1. The lowest BCUT2D eigenvalue weighted by atomic mass is 10.2. The average molecular weight is 351 g/mol. The quantitative estimate of drug-likeness (QED) is 0.545. The van der Waals surface area contributed by atoms with Crippen LogP contribution in [0.15, 0.2) is 84.9 Å². The van der Waals surface area contributed by atoms with E-state index in [1.54, 1.807) is 0 Å². The number of benzene rings is 3. The molecule has 0 aliphatic carbocycles. The summed E-state index contributed by atoms with van der Waals surface area (Å²) >= 11 is 5.59. The van der Waals surface area contributed by atoms with Crippen molar-refractivity contribution in [1.82, 2.24) is 0 Å². The van der Waals surface area contributed by atoms with Gasteiger partial charge in [0.25, 0.3) is 0 Å². The Morgan fingerprint density at radius 3 is 1.71 bits per heavy atom. The summed E-state index contributed by atoms with van der Waals surface area (Å²) in [5.74, 6) is 0. The third-order valence-electron chi connectivity index (χ3n) is 3.83. The SMILES string of the molecule is Cc1ccc(NC(=S)P(=O)(c2ccccc2)c2ccccc2)cc1. The van der Waals surface area contributed by atoms with Crippen molar-refractivity contribution in [2.24, 2.45) is 0 Å². The van der Waals surface area contributed by atoms with Crippen LogP contribution in [0.5, 0.6) is 0 Å². The molecule has 0 saturated heterocycles. The summed E-state index contributed by atoms with van der Waals surface area (Å²) in [6.07, 6.45) is 0. The van der Waals surface area contributed by atoms with Gasteiger partial charge in [0.05, 0.1) is 0 Å². The Labute approximate surface area is 147 Å². The molecule has 0 aromatic heterocycles. The molecule has 0 aliphatic rings. The van der Waals surface area contributed by atoms with Crippen LogP contribution in [-0.4, -0.2) is 4.73 Å². The summed E-state index contributed by atoms with van der Waals surface area (Å²) in [5, 5.41) is 4.65. The topological polar surface area (TPSA) is 29.1 Å². The molecule has 0 heterocycles. The molecule has 0 aliphatic heterocycles. The molecule has 0 unspecified atom stereocenters. The van der Waals surface area contributed by atoms with Crippen LogP contribution in [0, 0.1) is 6.92 Å². The van der Waals surface area contributed by atoms with Crippen molar-refractivity contribution in [1.29, 1.82) is 0 Å². The monoisotopic (exact) mass is 351 g/mol. The summed E-state index contributed by atoms with van der Waals surface area (Å²) in [5.41, 5.74) is 2.01. The van der Waals surface area contributed by atoms with E-state index in [4.69, 9.17) is 12.2 Å². The molecule has 3 rings (SSSR count). The molecule has 0 spiro atoms. The lowest BCUT2D eigenvalue weighted by Crippen LogP contribution is -2.25. The van der Waals surface area contributed by atoms with Crippen LogP contribution in [0.3, 0.4) is 0 Å². The maximum Gasteiger partial charge on any atom is 0.197 e. The fourth-order valence-corrected chi connectivity index (χ4v) is 5.49. The van der Waals surface area contributed by atoms with Crippen LogP contribution in [-0.2, 0) is 4.57 Å². The standard InChI is InChI=1S/C20H18NOPS/c1-16-12-14-17(15-13-16)21-20(24)23(22,18-8-4-2-5-9-18)19-10-6-3-7-11-19/h2-15H,1H3,(H,21,24). The predicted octanol–water partition coefficient (Wildman–Crippen LogP) is 4.71. The van der Waals surface area contributed by atoms with Gasteiger partial charge >= 0.3 is 0 Å². The van der Waals surface area contributed by atoms with Crippen molar-refractivity contribution < 1.29 is 4.57 Å². The van der Waals surface area contributed by atoms with Crippen LogP contribution < -0.4 is 15.9 Å². The molecule has 120 valence electrons. The van der Waals surface area contributed by atoms with Gasteiger partial charge in [-0.1, -0.05) is 90.6 Å². The molecule has 0 amide bonds. The molecule has 3 aromatic carbocycles. The number of aryl methyl sites for hydroxylation is 1. The second kappa shape index (κ2) is 7.12. The minimum Gasteiger partial charge on any atom is -0.343 e. The number of hydrogen-bond donors (Lipinski definition) is 1. The smallest absolute Gasteiger partial charge is 0.197 e. The Balaban J connectivity index is 2.03. The Kier molecular flexibility index (Phi) is 4.94. The lowest BCUT2D eigenvalue weighted by molar-refractivity contribution is 0.594. The van der Waals surface area contributed by atoms with Gasteiger partial charge in [0.15, 0.2) is 7.14 Å². The first kappa shape index (κ1) is 16.6. The van der Waals surface area contributed by atoms with E-state index in [9.17, 15) is 4.57 Å². The van der Waals surface area contributed by atoms with Gasteiger partial charge in [0, 0.05) is 16.3 Å². The third-order valence-corrected chi connectivity index (χ3v) is 7.44. The highest BCUT2D eigenvalue weighted by Gasteiger charge is 2.32.